The van der Waals surface area contributed by atoms with Crippen molar-refractivity contribution < 1.29 is 25.9 Å². The summed E-state index contributed by atoms with van der Waals surface area (Å²) < 4.78 is 7.53. The molecule has 3 aromatic rings. The van der Waals surface area contributed by atoms with Gasteiger partial charge in [0.15, 0.2) is 0 Å². The molecule has 0 bridgehead atoms. The molecule has 1 aliphatic rings. The van der Waals surface area contributed by atoms with Gasteiger partial charge in [-0.3, -0.25) is 0 Å². The molecule has 1 fully saturated rings. The number of aryl methyl sites for hydroxylation is 1. The summed E-state index contributed by atoms with van der Waals surface area (Å²) in [5.74, 6) is 0.877. The summed E-state index contributed by atoms with van der Waals surface area (Å²) in [6, 6.07) is 21.3. The van der Waals surface area contributed by atoms with Gasteiger partial charge in [0.1, 0.15) is 0 Å². The van der Waals surface area contributed by atoms with Gasteiger partial charge in [0, 0.05) is 0 Å². The third kappa shape index (κ3) is 4.05. The van der Waals surface area contributed by atoms with Crippen LogP contribution in [0.2, 0.25) is 5.02 Å². The van der Waals surface area contributed by atoms with Gasteiger partial charge in [-0.15, -0.1) is 0 Å². The molecule has 0 amide bonds. The second-order valence-electron chi connectivity index (χ2n) is 6.27. The zero-order valence-electron chi connectivity index (χ0n) is 14.6. The fourth-order valence-corrected chi connectivity index (χ4v) is 5.69. The molecule has 1 nitrogen and oxygen atoms in total. The zero-order chi connectivity index (χ0) is 18.1. The zero-order valence-corrected chi connectivity index (χ0v) is 18.4. The fourth-order valence-electron chi connectivity index (χ4n) is 2.92. The fraction of sp³-hybridized carbons (Fsp3) is 0.182. The van der Waals surface area contributed by atoms with Crippen LogP contribution in [0.4, 0.5) is 0 Å². The van der Waals surface area contributed by atoms with Crippen molar-refractivity contribution >= 4 is 23.4 Å². The monoisotopic (exact) mass is 493 g/mol. The molecule has 0 saturated carbocycles. The Morgan fingerprint density at radius 1 is 1.00 bits per heavy atom. The standard InChI is InChI=1S/C22H19ClIOS/c1-14-3-4-15(21-13-24-21)11-19(14)20-12-16(23)5-10-22(20)26-18-8-6-17(25-2)7-9-18/h3-12,21H,13H2,1-2H3/q-1. The second-order valence-corrected chi connectivity index (χ2v) is 11.1. The number of rotatable bonds is 5. The van der Waals surface area contributed by atoms with Crippen molar-refractivity contribution in [2.75, 3.05) is 11.5 Å². The SMILES string of the molecule is COc1ccc(Sc2ccc(Cl)cc2-c2cc(C3C[I-]3)ccc2C)cc1. The molecule has 1 atom stereocenters. The van der Waals surface area contributed by atoms with E-state index < -0.39 is 0 Å². The van der Waals surface area contributed by atoms with Gasteiger partial charge < -0.3 is 0 Å². The van der Waals surface area contributed by atoms with Crippen LogP contribution in [0.25, 0.3) is 11.1 Å². The predicted molar refractivity (Wildman–Crippen MR) is 106 cm³/mol. The van der Waals surface area contributed by atoms with E-state index in [0.29, 0.717) is 21.2 Å². The number of halogens is 2. The number of methoxy groups -OCH3 is 1. The van der Waals surface area contributed by atoms with Gasteiger partial charge in [0.05, 0.1) is 7.11 Å². The van der Waals surface area contributed by atoms with Crippen molar-refractivity contribution in [3.63, 3.8) is 0 Å². The van der Waals surface area contributed by atoms with Crippen LogP contribution in [0, 0.1) is 6.92 Å². The van der Waals surface area contributed by atoms with Gasteiger partial charge in [0.25, 0.3) is 0 Å². The summed E-state index contributed by atoms with van der Waals surface area (Å²) in [7, 11) is 1.69. The molecular formula is C22H19ClIOS-. The first kappa shape index (κ1) is 18.2. The first-order valence-electron chi connectivity index (χ1n) is 8.44. The van der Waals surface area contributed by atoms with E-state index in [2.05, 4.69) is 49.4 Å². The van der Waals surface area contributed by atoms with Crippen molar-refractivity contribution in [3.8, 4) is 16.9 Å². The van der Waals surface area contributed by atoms with Crippen LogP contribution in [-0.2, 0) is 0 Å². The van der Waals surface area contributed by atoms with Crippen LogP contribution in [0.3, 0.4) is 0 Å². The summed E-state index contributed by atoms with van der Waals surface area (Å²) in [5.41, 5.74) is 5.32. The van der Waals surface area contributed by atoms with Gasteiger partial charge in [-0.25, -0.2) is 0 Å². The molecule has 26 heavy (non-hydrogen) atoms. The van der Waals surface area contributed by atoms with Gasteiger partial charge >= 0.3 is 168 Å². The Morgan fingerprint density at radius 3 is 2.46 bits per heavy atom. The van der Waals surface area contributed by atoms with Crippen molar-refractivity contribution in [1.29, 1.82) is 0 Å². The molecule has 0 aliphatic carbocycles. The number of ether oxygens (including phenoxy) is 1. The maximum absolute atomic E-state index is 6.36. The van der Waals surface area contributed by atoms with Crippen molar-refractivity contribution in [1.82, 2.24) is 0 Å². The van der Waals surface area contributed by atoms with Crippen molar-refractivity contribution in [3.05, 3.63) is 76.8 Å². The van der Waals surface area contributed by atoms with E-state index in [0.717, 1.165) is 14.7 Å². The van der Waals surface area contributed by atoms with Crippen molar-refractivity contribution in [2.45, 2.75) is 20.6 Å². The van der Waals surface area contributed by atoms with E-state index in [1.165, 1.54) is 36.5 Å². The van der Waals surface area contributed by atoms with Crippen LogP contribution in [0.15, 0.2) is 70.5 Å². The Labute approximate surface area is 174 Å². The normalized spacial score (nSPS) is 16.0. The van der Waals surface area contributed by atoms with E-state index in [4.69, 9.17) is 16.3 Å². The van der Waals surface area contributed by atoms with Crippen LogP contribution >= 0.6 is 23.4 Å². The molecule has 0 spiro atoms. The van der Waals surface area contributed by atoms with E-state index in [1.807, 2.05) is 18.2 Å². The molecule has 1 aliphatic heterocycles. The molecule has 0 N–H and O–H groups in total. The summed E-state index contributed by atoms with van der Waals surface area (Å²) in [4.78, 5) is 2.42. The van der Waals surface area contributed by atoms with E-state index in [-0.39, 0.29) is 0 Å². The van der Waals surface area contributed by atoms with Crippen LogP contribution < -0.4 is 25.9 Å². The first-order chi connectivity index (χ1) is 12.6. The van der Waals surface area contributed by atoms with Crippen LogP contribution in [0.5, 0.6) is 5.75 Å². The molecule has 3 aromatic carbocycles. The Morgan fingerprint density at radius 2 is 1.77 bits per heavy atom. The Hall–Kier alpha value is -1.17. The minimum atomic E-state index is 0.400. The average molecular weight is 494 g/mol. The molecule has 4 heteroatoms. The average Bonchev–Trinajstić information content (AvgIpc) is 3.49. The minimum absolute atomic E-state index is 0.400. The molecule has 0 aromatic heterocycles. The second kappa shape index (κ2) is 7.83. The Bertz CT molecular complexity index is 935. The van der Waals surface area contributed by atoms with Gasteiger partial charge in [-0.05, 0) is 0 Å². The molecule has 1 heterocycles. The Balaban J connectivity index is 1.74. The number of hydrogen-bond donors (Lipinski definition) is 0. The maximum atomic E-state index is 6.36. The van der Waals surface area contributed by atoms with E-state index in [1.54, 1.807) is 18.9 Å². The molecular weight excluding hydrogens is 475 g/mol. The predicted octanol–water partition coefficient (Wildman–Crippen LogP) is 3.62. The first-order valence-corrected chi connectivity index (χ1v) is 12.4. The number of benzene rings is 3. The number of hydrogen-bond acceptors (Lipinski definition) is 2. The quantitative estimate of drug-likeness (QED) is 0.397. The van der Waals surface area contributed by atoms with Crippen molar-refractivity contribution in [2.24, 2.45) is 0 Å². The van der Waals surface area contributed by atoms with Crippen LogP contribution in [0.1, 0.15) is 15.1 Å². The van der Waals surface area contributed by atoms with Gasteiger partial charge in [-0.1, -0.05) is 0 Å². The van der Waals surface area contributed by atoms with Crippen LogP contribution in [-0.4, -0.2) is 11.5 Å². The molecule has 4 rings (SSSR count). The summed E-state index contributed by atoms with van der Waals surface area (Å²) in [6.45, 7) is 2.18. The molecule has 1 saturated heterocycles. The molecule has 134 valence electrons. The van der Waals surface area contributed by atoms with E-state index >= 15 is 0 Å². The van der Waals surface area contributed by atoms with Gasteiger partial charge in [-0.2, -0.15) is 0 Å². The van der Waals surface area contributed by atoms with E-state index in [9.17, 15) is 0 Å². The molecule has 1 unspecified atom stereocenters. The topological polar surface area (TPSA) is 9.23 Å². The third-order valence-electron chi connectivity index (χ3n) is 4.45. The summed E-state index contributed by atoms with van der Waals surface area (Å²) in [5, 5.41) is 0.780. The molecule has 0 radical (unpaired) electrons. The summed E-state index contributed by atoms with van der Waals surface area (Å²) >= 11 is 8.52. The summed E-state index contributed by atoms with van der Waals surface area (Å²) in [6.07, 6.45) is 0. The third-order valence-corrected chi connectivity index (χ3v) is 8.25. The Kier molecular flexibility index (Phi) is 5.48. The van der Waals surface area contributed by atoms with Gasteiger partial charge in [0.2, 0.25) is 0 Å². The number of alkyl halides is 2.